The standard InChI is InChI=1S/C58H57NSi/c1-57(2)55-9-7-6-8-53(55)54-31-28-51(35-56(54)57)59(50-26-18-46(19-27-50)47-20-29-52(30-21-47)60(3,4)5)49-24-16-45(17-25-49)43-12-10-42(11-13-43)44-14-22-48(23-15-44)58-36-39-32-40(37-58)34-41(33-39)38-58/h6-31,35,39-41H,32-34,36-38H2,1-5H3. The number of anilines is 3. The fraction of sp³-hybridized carbons (Fsp3) is 0.276. The molecule has 298 valence electrons. The number of benzene rings is 7. The molecule has 4 bridgehead atoms. The lowest BCUT2D eigenvalue weighted by Crippen LogP contribution is -2.48. The van der Waals surface area contributed by atoms with Gasteiger partial charge in [-0.2, -0.15) is 0 Å². The molecule has 0 aromatic heterocycles. The van der Waals surface area contributed by atoms with Gasteiger partial charge in [0.25, 0.3) is 0 Å². The zero-order valence-electron chi connectivity index (χ0n) is 36.0. The SMILES string of the molecule is CC1(C)c2ccccc2-c2ccc(N(c3ccc(-c4ccc(-c5ccc(C67CC8CC(CC(C8)C6)C7)cc5)cc4)cc3)c3ccc(-c4ccc([Si](C)(C)C)cc4)cc3)cc21. The lowest BCUT2D eigenvalue weighted by atomic mass is 9.48. The van der Waals surface area contributed by atoms with Crippen molar-refractivity contribution < 1.29 is 0 Å². The van der Waals surface area contributed by atoms with Crippen molar-refractivity contribution in [2.24, 2.45) is 17.8 Å². The predicted octanol–water partition coefficient (Wildman–Crippen LogP) is 15.5. The zero-order chi connectivity index (χ0) is 40.8. The Morgan fingerprint density at radius 3 is 1.32 bits per heavy atom. The highest BCUT2D eigenvalue weighted by Gasteiger charge is 2.51. The van der Waals surface area contributed by atoms with Crippen LogP contribution in [0.2, 0.25) is 19.6 Å². The minimum absolute atomic E-state index is 0.0773. The van der Waals surface area contributed by atoms with E-state index in [1.54, 1.807) is 5.56 Å². The van der Waals surface area contributed by atoms with Crippen molar-refractivity contribution in [2.75, 3.05) is 4.90 Å². The van der Waals surface area contributed by atoms with Gasteiger partial charge in [-0.3, -0.25) is 0 Å². The van der Waals surface area contributed by atoms with E-state index in [1.165, 1.54) is 105 Å². The quantitative estimate of drug-likeness (QED) is 0.139. The molecule has 60 heavy (non-hydrogen) atoms. The van der Waals surface area contributed by atoms with Gasteiger partial charge in [-0.1, -0.05) is 166 Å². The first-order valence-corrected chi connectivity index (χ1v) is 26.1. The molecule has 0 heterocycles. The maximum Gasteiger partial charge on any atom is 0.0775 e. The lowest BCUT2D eigenvalue weighted by molar-refractivity contribution is -0.00518. The van der Waals surface area contributed by atoms with Gasteiger partial charge in [0.2, 0.25) is 0 Å². The van der Waals surface area contributed by atoms with Crippen molar-refractivity contribution in [1.82, 2.24) is 0 Å². The summed E-state index contributed by atoms with van der Waals surface area (Å²) in [6.45, 7) is 12.0. The Bertz CT molecular complexity index is 2660. The van der Waals surface area contributed by atoms with Gasteiger partial charge in [0.05, 0.1) is 8.07 Å². The smallest absolute Gasteiger partial charge is 0.0775 e. The summed E-state index contributed by atoms with van der Waals surface area (Å²) in [5, 5.41) is 1.49. The molecular weight excluding hydrogens is 739 g/mol. The summed E-state index contributed by atoms with van der Waals surface area (Å²) in [5.41, 5.74) is 18.5. The molecule has 0 aliphatic heterocycles. The largest absolute Gasteiger partial charge is 0.310 e. The Balaban J connectivity index is 0.885. The number of hydrogen-bond donors (Lipinski definition) is 0. The van der Waals surface area contributed by atoms with Gasteiger partial charge < -0.3 is 4.90 Å². The number of hydrogen-bond acceptors (Lipinski definition) is 1. The van der Waals surface area contributed by atoms with Crippen molar-refractivity contribution in [2.45, 2.75) is 82.8 Å². The van der Waals surface area contributed by atoms with Crippen LogP contribution >= 0.6 is 0 Å². The Kier molecular flexibility index (Phi) is 8.80. The van der Waals surface area contributed by atoms with Crippen molar-refractivity contribution in [1.29, 1.82) is 0 Å². The van der Waals surface area contributed by atoms with Crippen LogP contribution in [0.3, 0.4) is 0 Å². The van der Waals surface area contributed by atoms with Gasteiger partial charge in [-0.25, -0.2) is 0 Å². The van der Waals surface area contributed by atoms with E-state index in [0.29, 0.717) is 5.41 Å². The Labute approximate surface area is 359 Å². The molecule has 0 spiro atoms. The van der Waals surface area contributed by atoms with Gasteiger partial charge in [0, 0.05) is 22.5 Å². The number of rotatable bonds is 8. The first-order valence-electron chi connectivity index (χ1n) is 22.6. The molecule has 7 aromatic rings. The summed E-state index contributed by atoms with van der Waals surface area (Å²) in [4.78, 5) is 2.43. The van der Waals surface area contributed by atoms with E-state index in [4.69, 9.17) is 0 Å². The van der Waals surface area contributed by atoms with Crippen molar-refractivity contribution in [3.63, 3.8) is 0 Å². The van der Waals surface area contributed by atoms with Gasteiger partial charge in [0.15, 0.2) is 0 Å². The highest BCUT2D eigenvalue weighted by Crippen LogP contribution is 2.61. The molecule has 4 fully saturated rings. The first kappa shape index (κ1) is 37.5. The molecule has 2 heteroatoms. The third-order valence-electron chi connectivity index (χ3n) is 15.2. The molecule has 0 N–H and O–H groups in total. The fourth-order valence-electron chi connectivity index (χ4n) is 12.4. The van der Waals surface area contributed by atoms with Gasteiger partial charge in [-0.15, -0.1) is 0 Å². The summed E-state index contributed by atoms with van der Waals surface area (Å²) in [7, 11) is -1.36. The van der Waals surface area contributed by atoms with Crippen LogP contribution in [0.1, 0.15) is 69.1 Å². The molecule has 5 aliphatic carbocycles. The molecule has 0 atom stereocenters. The molecule has 7 aromatic carbocycles. The second kappa shape index (κ2) is 14.1. The third-order valence-corrected chi connectivity index (χ3v) is 17.3. The molecule has 0 amide bonds. The Morgan fingerprint density at radius 2 is 0.833 bits per heavy atom. The Hall–Kier alpha value is -5.44. The number of fused-ring (bicyclic) bond motifs is 3. The molecule has 5 aliphatic rings. The summed E-state index contributed by atoms with van der Waals surface area (Å²) in [5.74, 6) is 2.92. The molecule has 12 rings (SSSR count). The molecule has 0 unspecified atom stereocenters. The van der Waals surface area contributed by atoms with E-state index in [-0.39, 0.29) is 5.41 Å². The topological polar surface area (TPSA) is 3.24 Å². The summed E-state index contributed by atoms with van der Waals surface area (Å²) in [6.07, 6.45) is 8.75. The predicted molar refractivity (Wildman–Crippen MR) is 258 cm³/mol. The summed E-state index contributed by atoms with van der Waals surface area (Å²) < 4.78 is 0. The molecule has 0 saturated heterocycles. The fourth-order valence-corrected chi connectivity index (χ4v) is 13.5. The maximum absolute atomic E-state index is 2.47. The molecule has 0 radical (unpaired) electrons. The van der Waals surface area contributed by atoms with Crippen LogP contribution in [0.15, 0.2) is 164 Å². The van der Waals surface area contributed by atoms with E-state index >= 15 is 0 Å². The summed E-state index contributed by atoms with van der Waals surface area (Å²) >= 11 is 0. The van der Waals surface area contributed by atoms with Crippen LogP contribution in [0.5, 0.6) is 0 Å². The highest BCUT2D eigenvalue weighted by atomic mass is 28.3. The van der Waals surface area contributed by atoms with Crippen molar-refractivity contribution in [3.8, 4) is 44.5 Å². The van der Waals surface area contributed by atoms with Crippen LogP contribution in [0, 0.1) is 17.8 Å². The van der Waals surface area contributed by atoms with E-state index in [2.05, 4.69) is 202 Å². The van der Waals surface area contributed by atoms with Gasteiger partial charge >= 0.3 is 0 Å². The second-order valence-corrected chi connectivity index (χ2v) is 25.6. The van der Waals surface area contributed by atoms with Gasteiger partial charge in [0.1, 0.15) is 0 Å². The monoisotopic (exact) mass is 795 g/mol. The minimum Gasteiger partial charge on any atom is -0.310 e. The average Bonchev–Trinajstić information content (AvgIpc) is 3.49. The van der Waals surface area contributed by atoms with Crippen molar-refractivity contribution >= 4 is 30.3 Å². The second-order valence-electron chi connectivity index (χ2n) is 20.5. The van der Waals surface area contributed by atoms with Gasteiger partial charge in [-0.05, 0) is 159 Å². The Morgan fingerprint density at radius 1 is 0.433 bits per heavy atom. The highest BCUT2D eigenvalue weighted by molar-refractivity contribution is 6.88. The van der Waals surface area contributed by atoms with Crippen molar-refractivity contribution in [3.05, 3.63) is 180 Å². The van der Waals surface area contributed by atoms with E-state index < -0.39 is 8.07 Å². The maximum atomic E-state index is 2.47. The van der Waals surface area contributed by atoms with E-state index in [0.717, 1.165) is 29.1 Å². The minimum atomic E-state index is -1.36. The van der Waals surface area contributed by atoms with E-state index in [9.17, 15) is 0 Å². The lowest BCUT2D eigenvalue weighted by Gasteiger charge is -2.57. The molecular formula is C58H57NSi. The van der Waals surface area contributed by atoms with Crippen LogP contribution in [0.4, 0.5) is 17.1 Å². The molecule has 4 saturated carbocycles. The van der Waals surface area contributed by atoms with Crippen LogP contribution in [0.25, 0.3) is 44.5 Å². The zero-order valence-corrected chi connectivity index (χ0v) is 37.0. The first-order chi connectivity index (χ1) is 29.0. The van der Waals surface area contributed by atoms with Crippen LogP contribution < -0.4 is 10.1 Å². The molecule has 1 nitrogen and oxygen atoms in total. The third kappa shape index (κ3) is 6.42. The number of nitrogens with zero attached hydrogens (tertiary/aromatic N) is 1. The summed E-state index contributed by atoms with van der Waals surface area (Å²) in [6, 6.07) is 62.5. The van der Waals surface area contributed by atoms with Crippen LogP contribution in [-0.2, 0) is 10.8 Å². The average molecular weight is 796 g/mol. The normalized spacial score (nSPS) is 22.1. The van der Waals surface area contributed by atoms with Crippen LogP contribution in [-0.4, -0.2) is 8.07 Å². The van der Waals surface area contributed by atoms with E-state index in [1.807, 2.05) is 0 Å².